The van der Waals surface area contributed by atoms with E-state index < -0.39 is 5.92 Å². The van der Waals surface area contributed by atoms with E-state index in [2.05, 4.69) is 5.32 Å². The van der Waals surface area contributed by atoms with Crippen LogP contribution in [0.1, 0.15) is 13.3 Å². The molecule has 7 heteroatoms. The Hall–Kier alpha value is -2.73. The summed E-state index contributed by atoms with van der Waals surface area (Å²) in [6.45, 7) is 2.81. The SMILES string of the molecule is CCOc1ccc(N2C[C@H](C(=O)Nc3cc(Cl)ccc3OC)CC2=O)cc1. The van der Waals surface area contributed by atoms with Gasteiger partial charge >= 0.3 is 0 Å². The van der Waals surface area contributed by atoms with Gasteiger partial charge in [-0.1, -0.05) is 11.6 Å². The molecule has 1 atom stereocenters. The molecular weight excluding hydrogens is 368 g/mol. The number of rotatable bonds is 6. The molecule has 0 unspecified atom stereocenters. The molecule has 2 aromatic carbocycles. The molecule has 0 aliphatic carbocycles. The number of nitrogens with one attached hydrogen (secondary N) is 1. The molecule has 27 heavy (non-hydrogen) atoms. The molecule has 0 aromatic heterocycles. The molecule has 2 amide bonds. The number of hydrogen-bond acceptors (Lipinski definition) is 4. The highest BCUT2D eigenvalue weighted by atomic mass is 35.5. The van der Waals surface area contributed by atoms with Crippen molar-refractivity contribution in [3.05, 3.63) is 47.5 Å². The van der Waals surface area contributed by atoms with Gasteiger partial charge in [-0.05, 0) is 49.4 Å². The van der Waals surface area contributed by atoms with Gasteiger partial charge in [0.15, 0.2) is 0 Å². The fraction of sp³-hybridized carbons (Fsp3) is 0.300. The summed E-state index contributed by atoms with van der Waals surface area (Å²) in [5.41, 5.74) is 1.24. The number of nitrogens with zero attached hydrogens (tertiary/aromatic N) is 1. The molecular formula is C20H21ClN2O4. The van der Waals surface area contributed by atoms with Crippen molar-refractivity contribution in [2.24, 2.45) is 5.92 Å². The van der Waals surface area contributed by atoms with Gasteiger partial charge in [-0.3, -0.25) is 9.59 Å². The second kappa shape index (κ2) is 8.31. The Bertz CT molecular complexity index is 838. The van der Waals surface area contributed by atoms with E-state index in [1.165, 1.54) is 7.11 Å². The summed E-state index contributed by atoms with van der Waals surface area (Å²) in [5.74, 6) is 0.484. The van der Waals surface area contributed by atoms with Crippen molar-refractivity contribution in [1.29, 1.82) is 0 Å². The highest BCUT2D eigenvalue weighted by Crippen LogP contribution is 2.31. The minimum Gasteiger partial charge on any atom is -0.495 e. The third kappa shape index (κ3) is 4.34. The minimum absolute atomic E-state index is 0.0858. The maximum absolute atomic E-state index is 12.6. The number of ether oxygens (including phenoxy) is 2. The lowest BCUT2D eigenvalue weighted by Crippen LogP contribution is -2.28. The molecule has 0 saturated carbocycles. The molecule has 1 heterocycles. The standard InChI is InChI=1S/C20H21ClN2O4/c1-3-27-16-7-5-15(6-8-16)23-12-13(10-19(23)24)20(25)22-17-11-14(21)4-9-18(17)26-2/h4-9,11,13H,3,10,12H2,1-2H3,(H,22,25)/t13-/m1/s1. The molecule has 6 nitrogen and oxygen atoms in total. The smallest absolute Gasteiger partial charge is 0.229 e. The van der Waals surface area contributed by atoms with E-state index >= 15 is 0 Å². The van der Waals surface area contributed by atoms with Gasteiger partial charge < -0.3 is 19.7 Å². The van der Waals surface area contributed by atoms with Crippen molar-refractivity contribution < 1.29 is 19.1 Å². The summed E-state index contributed by atoms with van der Waals surface area (Å²) in [5, 5.41) is 3.31. The Balaban J connectivity index is 1.69. The van der Waals surface area contributed by atoms with Crippen LogP contribution in [0.25, 0.3) is 0 Å². The first-order valence-electron chi connectivity index (χ1n) is 8.69. The van der Waals surface area contributed by atoms with Crippen molar-refractivity contribution in [3.8, 4) is 11.5 Å². The van der Waals surface area contributed by atoms with Crippen molar-refractivity contribution in [2.45, 2.75) is 13.3 Å². The zero-order valence-corrected chi connectivity index (χ0v) is 16.0. The Labute approximate surface area is 163 Å². The second-order valence-electron chi connectivity index (χ2n) is 6.17. The number of halogens is 1. The second-order valence-corrected chi connectivity index (χ2v) is 6.60. The fourth-order valence-electron chi connectivity index (χ4n) is 3.03. The lowest BCUT2D eigenvalue weighted by molar-refractivity contribution is -0.122. The van der Waals surface area contributed by atoms with E-state index in [0.717, 1.165) is 11.4 Å². The summed E-state index contributed by atoms with van der Waals surface area (Å²) in [6, 6.07) is 12.3. The molecule has 1 aliphatic heterocycles. The van der Waals surface area contributed by atoms with E-state index in [4.69, 9.17) is 21.1 Å². The van der Waals surface area contributed by atoms with E-state index in [1.54, 1.807) is 23.1 Å². The number of carbonyl (C=O) groups excluding carboxylic acids is 2. The lowest BCUT2D eigenvalue weighted by atomic mass is 10.1. The van der Waals surface area contributed by atoms with Crippen LogP contribution >= 0.6 is 11.6 Å². The highest BCUT2D eigenvalue weighted by Gasteiger charge is 2.35. The third-order valence-corrected chi connectivity index (χ3v) is 4.61. The number of hydrogen-bond donors (Lipinski definition) is 1. The molecule has 1 aliphatic rings. The number of methoxy groups -OCH3 is 1. The summed E-state index contributed by atoms with van der Waals surface area (Å²) < 4.78 is 10.7. The van der Waals surface area contributed by atoms with E-state index in [9.17, 15) is 9.59 Å². The molecule has 0 radical (unpaired) electrons. The number of carbonyl (C=O) groups is 2. The average Bonchev–Trinajstić information content (AvgIpc) is 3.05. The van der Waals surface area contributed by atoms with Crippen LogP contribution in [-0.2, 0) is 9.59 Å². The van der Waals surface area contributed by atoms with Gasteiger partial charge in [0.25, 0.3) is 0 Å². The maximum Gasteiger partial charge on any atom is 0.229 e. The Morgan fingerprint density at radius 2 is 2.00 bits per heavy atom. The van der Waals surface area contributed by atoms with Crippen LogP contribution in [-0.4, -0.2) is 32.1 Å². The zero-order chi connectivity index (χ0) is 19.4. The molecule has 1 N–H and O–H groups in total. The summed E-state index contributed by atoms with van der Waals surface area (Å²) in [6.07, 6.45) is 0.155. The molecule has 0 bridgehead atoms. The molecule has 3 rings (SSSR count). The summed E-state index contributed by atoms with van der Waals surface area (Å²) in [4.78, 5) is 26.7. The first kappa shape index (κ1) is 19.0. The van der Waals surface area contributed by atoms with Crippen LogP contribution in [0.2, 0.25) is 5.02 Å². The highest BCUT2D eigenvalue weighted by molar-refractivity contribution is 6.31. The Morgan fingerprint density at radius 1 is 1.26 bits per heavy atom. The zero-order valence-electron chi connectivity index (χ0n) is 15.2. The Kier molecular flexibility index (Phi) is 5.86. The van der Waals surface area contributed by atoms with Crippen LogP contribution in [0, 0.1) is 5.92 Å². The van der Waals surface area contributed by atoms with E-state index in [0.29, 0.717) is 29.6 Å². The number of amides is 2. The largest absolute Gasteiger partial charge is 0.495 e. The van der Waals surface area contributed by atoms with Gasteiger partial charge in [-0.15, -0.1) is 0 Å². The number of anilines is 2. The Morgan fingerprint density at radius 3 is 2.67 bits per heavy atom. The molecule has 1 saturated heterocycles. The van der Waals surface area contributed by atoms with Crippen molar-refractivity contribution >= 4 is 34.8 Å². The minimum atomic E-state index is -0.451. The summed E-state index contributed by atoms with van der Waals surface area (Å²) >= 11 is 6.00. The average molecular weight is 389 g/mol. The van der Waals surface area contributed by atoms with Gasteiger partial charge in [0.2, 0.25) is 11.8 Å². The van der Waals surface area contributed by atoms with Crippen LogP contribution in [0.3, 0.4) is 0 Å². The molecule has 1 fully saturated rings. The predicted molar refractivity (Wildman–Crippen MR) is 105 cm³/mol. The monoisotopic (exact) mass is 388 g/mol. The van der Waals surface area contributed by atoms with Crippen molar-refractivity contribution in [1.82, 2.24) is 0 Å². The van der Waals surface area contributed by atoms with Gasteiger partial charge in [-0.25, -0.2) is 0 Å². The fourth-order valence-corrected chi connectivity index (χ4v) is 3.21. The van der Waals surface area contributed by atoms with Crippen LogP contribution in [0.4, 0.5) is 11.4 Å². The molecule has 2 aromatic rings. The van der Waals surface area contributed by atoms with E-state index in [1.807, 2.05) is 31.2 Å². The van der Waals surface area contributed by atoms with Crippen LogP contribution < -0.4 is 19.7 Å². The van der Waals surface area contributed by atoms with Gasteiger partial charge in [0.1, 0.15) is 11.5 Å². The van der Waals surface area contributed by atoms with Gasteiger partial charge in [-0.2, -0.15) is 0 Å². The first-order chi connectivity index (χ1) is 13.0. The first-order valence-corrected chi connectivity index (χ1v) is 9.07. The maximum atomic E-state index is 12.6. The third-order valence-electron chi connectivity index (χ3n) is 4.37. The van der Waals surface area contributed by atoms with E-state index in [-0.39, 0.29) is 18.2 Å². The quantitative estimate of drug-likeness (QED) is 0.818. The molecule has 0 spiro atoms. The van der Waals surface area contributed by atoms with Gasteiger partial charge in [0.05, 0.1) is 25.3 Å². The molecule has 142 valence electrons. The topological polar surface area (TPSA) is 67.9 Å². The van der Waals surface area contributed by atoms with Crippen molar-refractivity contribution in [2.75, 3.05) is 30.5 Å². The van der Waals surface area contributed by atoms with Crippen molar-refractivity contribution in [3.63, 3.8) is 0 Å². The van der Waals surface area contributed by atoms with Gasteiger partial charge in [0, 0.05) is 23.7 Å². The number of benzene rings is 2. The van der Waals surface area contributed by atoms with Crippen LogP contribution in [0.15, 0.2) is 42.5 Å². The normalized spacial score (nSPS) is 16.3. The van der Waals surface area contributed by atoms with Crippen LogP contribution in [0.5, 0.6) is 11.5 Å². The lowest BCUT2D eigenvalue weighted by Gasteiger charge is -2.17. The predicted octanol–water partition coefficient (Wildman–Crippen LogP) is 3.74. The summed E-state index contributed by atoms with van der Waals surface area (Å²) in [7, 11) is 1.52.